The Balaban J connectivity index is 2.53. The lowest BCUT2D eigenvalue weighted by molar-refractivity contribution is -0.126. The van der Waals surface area contributed by atoms with Gasteiger partial charge >= 0.3 is 0 Å². The molecule has 0 aliphatic rings. The molecule has 0 spiro atoms. The predicted octanol–water partition coefficient (Wildman–Crippen LogP) is 1.38. The van der Waals surface area contributed by atoms with Crippen molar-refractivity contribution in [1.29, 1.82) is 0 Å². The number of nitrogens with one attached hydrogen (secondary N) is 2. The minimum atomic E-state index is -0.172. The van der Waals surface area contributed by atoms with Crippen LogP contribution in [0, 0.1) is 20.8 Å². The Kier molecular flexibility index (Phi) is 5.12. The maximum atomic E-state index is 11.1. The van der Waals surface area contributed by atoms with Crippen molar-refractivity contribution in [2.45, 2.75) is 27.4 Å². The summed E-state index contributed by atoms with van der Waals surface area (Å²) in [7, 11) is 1.64. The Morgan fingerprint density at radius 1 is 1.24 bits per heavy atom. The van der Waals surface area contributed by atoms with Crippen molar-refractivity contribution in [3.63, 3.8) is 0 Å². The van der Waals surface area contributed by atoms with E-state index in [4.69, 9.17) is 4.74 Å². The third-order valence-electron chi connectivity index (χ3n) is 2.93. The van der Waals surface area contributed by atoms with E-state index in [1.807, 2.05) is 6.07 Å². The van der Waals surface area contributed by atoms with E-state index < -0.39 is 0 Å². The van der Waals surface area contributed by atoms with Crippen LogP contribution in [0.4, 0.5) is 0 Å². The van der Waals surface area contributed by atoms with Gasteiger partial charge in [0.15, 0.2) is 0 Å². The molecule has 0 saturated heterocycles. The first kappa shape index (κ1) is 13.7. The minimum absolute atomic E-state index is 0.0627. The molecule has 1 rings (SSSR count). The van der Waals surface area contributed by atoms with E-state index in [2.05, 4.69) is 37.7 Å². The lowest BCUT2D eigenvalue weighted by Gasteiger charge is -2.11. The van der Waals surface area contributed by atoms with Crippen LogP contribution in [0.15, 0.2) is 12.1 Å². The molecular formula is C13H20N2O2. The second kappa shape index (κ2) is 6.37. The summed E-state index contributed by atoms with van der Waals surface area (Å²) in [4.78, 5) is 11.1. The Hall–Kier alpha value is -1.39. The number of benzene rings is 1. The Bertz CT molecular complexity index is 403. The number of hydrazine groups is 1. The molecule has 0 saturated carbocycles. The standard InChI is InChI=1S/C13H20N2O2/c1-9-5-6-12(11(3)10(9)2)7-17-8-13(16)15-14-4/h5-6,14H,7-8H2,1-4H3,(H,15,16). The van der Waals surface area contributed by atoms with Gasteiger partial charge in [-0.25, -0.2) is 5.43 Å². The van der Waals surface area contributed by atoms with Crippen molar-refractivity contribution < 1.29 is 9.53 Å². The van der Waals surface area contributed by atoms with Crippen LogP contribution in [0.1, 0.15) is 22.3 Å². The predicted molar refractivity (Wildman–Crippen MR) is 67.5 cm³/mol. The molecular weight excluding hydrogens is 216 g/mol. The molecule has 0 atom stereocenters. The van der Waals surface area contributed by atoms with Gasteiger partial charge in [-0.3, -0.25) is 10.2 Å². The van der Waals surface area contributed by atoms with Gasteiger partial charge in [-0.05, 0) is 43.0 Å². The topological polar surface area (TPSA) is 50.4 Å². The first-order valence-electron chi connectivity index (χ1n) is 5.65. The Morgan fingerprint density at radius 2 is 1.94 bits per heavy atom. The minimum Gasteiger partial charge on any atom is -0.367 e. The van der Waals surface area contributed by atoms with Gasteiger partial charge in [0.1, 0.15) is 6.61 Å². The van der Waals surface area contributed by atoms with Crippen molar-refractivity contribution in [2.75, 3.05) is 13.7 Å². The fraction of sp³-hybridized carbons (Fsp3) is 0.462. The number of aryl methyl sites for hydroxylation is 1. The second-order valence-corrected chi connectivity index (χ2v) is 4.08. The number of hydrogen-bond donors (Lipinski definition) is 2. The van der Waals surface area contributed by atoms with Gasteiger partial charge in [0, 0.05) is 7.05 Å². The molecule has 1 amide bonds. The highest BCUT2D eigenvalue weighted by Gasteiger charge is 2.05. The lowest BCUT2D eigenvalue weighted by atomic mass is 9.99. The zero-order chi connectivity index (χ0) is 12.8. The van der Waals surface area contributed by atoms with Crippen LogP contribution in [0.25, 0.3) is 0 Å². The fourth-order valence-corrected chi connectivity index (χ4v) is 1.60. The van der Waals surface area contributed by atoms with Gasteiger partial charge in [-0.15, -0.1) is 0 Å². The summed E-state index contributed by atoms with van der Waals surface area (Å²) in [5.41, 5.74) is 9.94. The van der Waals surface area contributed by atoms with E-state index in [1.165, 1.54) is 16.7 Å². The van der Waals surface area contributed by atoms with Crippen molar-refractivity contribution in [1.82, 2.24) is 10.9 Å². The lowest BCUT2D eigenvalue weighted by Crippen LogP contribution is -2.36. The van der Waals surface area contributed by atoms with Gasteiger partial charge in [0.2, 0.25) is 0 Å². The van der Waals surface area contributed by atoms with Gasteiger partial charge in [0.25, 0.3) is 5.91 Å². The number of hydrogen-bond acceptors (Lipinski definition) is 3. The summed E-state index contributed by atoms with van der Waals surface area (Å²) in [6, 6.07) is 4.13. The summed E-state index contributed by atoms with van der Waals surface area (Å²) in [5, 5.41) is 0. The van der Waals surface area contributed by atoms with E-state index in [-0.39, 0.29) is 12.5 Å². The summed E-state index contributed by atoms with van der Waals surface area (Å²) in [5.74, 6) is -0.172. The molecule has 4 heteroatoms. The summed E-state index contributed by atoms with van der Waals surface area (Å²) >= 11 is 0. The van der Waals surface area contributed by atoms with Crippen molar-refractivity contribution in [3.05, 3.63) is 34.4 Å². The summed E-state index contributed by atoms with van der Waals surface area (Å²) in [6.07, 6.45) is 0. The zero-order valence-electron chi connectivity index (χ0n) is 10.9. The molecule has 2 N–H and O–H groups in total. The zero-order valence-corrected chi connectivity index (χ0v) is 10.9. The Labute approximate surface area is 102 Å². The van der Waals surface area contributed by atoms with Crippen molar-refractivity contribution >= 4 is 5.91 Å². The molecule has 0 aliphatic carbocycles. The molecule has 0 fully saturated rings. The smallest absolute Gasteiger partial charge is 0.260 e. The highest BCUT2D eigenvalue weighted by molar-refractivity contribution is 5.76. The molecule has 0 bridgehead atoms. The average Bonchev–Trinajstić information content (AvgIpc) is 2.29. The third kappa shape index (κ3) is 3.84. The van der Waals surface area contributed by atoms with Crippen LogP contribution in [-0.4, -0.2) is 19.6 Å². The van der Waals surface area contributed by atoms with Crippen LogP contribution in [-0.2, 0) is 16.1 Å². The summed E-state index contributed by atoms with van der Waals surface area (Å²) in [6.45, 7) is 6.79. The van der Waals surface area contributed by atoms with E-state index in [0.717, 1.165) is 5.56 Å². The van der Waals surface area contributed by atoms with Crippen LogP contribution in [0.3, 0.4) is 0 Å². The third-order valence-corrected chi connectivity index (χ3v) is 2.93. The molecule has 0 aromatic heterocycles. The monoisotopic (exact) mass is 236 g/mol. The second-order valence-electron chi connectivity index (χ2n) is 4.08. The fourth-order valence-electron chi connectivity index (χ4n) is 1.60. The molecule has 17 heavy (non-hydrogen) atoms. The molecule has 1 aromatic carbocycles. The molecule has 94 valence electrons. The number of ether oxygens (including phenoxy) is 1. The first-order chi connectivity index (χ1) is 8.06. The number of carbonyl (C=O) groups excluding carboxylic acids is 1. The average molecular weight is 236 g/mol. The van der Waals surface area contributed by atoms with Crippen molar-refractivity contribution in [2.24, 2.45) is 0 Å². The van der Waals surface area contributed by atoms with Gasteiger partial charge in [-0.1, -0.05) is 12.1 Å². The van der Waals surface area contributed by atoms with Gasteiger partial charge in [-0.2, -0.15) is 0 Å². The maximum Gasteiger partial charge on any atom is 0.260 e. The highest BCUT2D eigenvalue weighted by atomic mass is 16.5. The van der Waals surface area contributed by atoms with Gasteiger partial charge < -0.3 is 4.74 Å². The Morgan fingerprint density at radius 3 is 2.59 bits per heavy atom. The molecule has 0 heterocycles. The molecule has 4 nitrogen and oxygen atoms in total. The SMILES string of the molecule is CNNC(=O)COCc1ccc(C)c(C)c1C. The number of rotatable bonds is 5. The first-order valence-corrected chi connectivity index (χ1v) is 5.65. The van der Waals surface area contributed by atoms with E-state index in [9.17, 15) is 4.79 Å². The maximum absolute atomic E-state index is 11.1. The van der Waals surface area contributed by atoms with Crippen LogP contribution >= 0.6 is 0 Å². The molecule has 0 unspecified atom stereocenters. The molecule has 1 aromatic rings. The van der Waals surface area contributed by atoms with E-state index in [1.54, 1.807) is 7.05 Å². The van der Waals surface area contributed by atoms with Crippen molar-refractivity contribution in [3.8, 4) is 0 Å². The summed E-state index contributed by atoms with van der Waals surface area (Å²) < 4.78 is 5.36. The van der Waals surface area contributed by atoms with Crippen LogP contribution in [0.5, 0.6) is 0 Å². The van der Waals surface area contributed by atoms with Crippen LogP contribution in [0.2, 0.25) is 0 Å². The number of carbonyl (C=O) groups is 1. The van der Waals surface area contributed by atoms with Crippen LogP contribution < -0.4 is 10.9 Å². The van der Waals surface area contributed by atoms with Gasteiger partial charge in [0.05, 0.1) is 6.61 Å². The molecule has 0 aliphatic heterocycles. The number of amides is 1. The normalized spacial score (nSPS) is 10.4. The largest absolute Gasteiger partial charge is 0.367 e. The highest BCUT2D eigenvalue weighted by Crippen LogP contribution is 2.17. The quantitative estimate of drug-likeness (QED) is 0.759. The molecule has 0 radical (unpaired) electrons. The van der Waals surface area contributed by atoms with E-state index >= 15 is 0 Å². The van der Waals surface area contributed by atoms with E-state index in [0.29, 0.717) is 6.61 Å².